The fraction of sp³-hybridized carbons (Fsp3) is 0.308. The van der Waals surface area contributed by atoms with Gasteiger partial charge in [-0.3, -0.25) is 0 Å². The lowest BCUT2D eigenvalue weighted by Crippen LogP contribution is -2.03. The molecule has 0 bridgehead atoms. The Labute approximate surface area is 189 Å². The average Bonchev–Trinajstić information content (AvgIpc) is 2.77. The third-order valence-electron chi connectivity index (χ3n) is 5.81. The van der Waals surface area contributed by atoms with Crippen LogP contribution in [0.4, 0.5) is 0 Å². The van der Waals surface area contributed by atoms with Gasteiger partial charge in [-0.2, -0.15) is 0 Å². The standard InChI is InChI=1S/C26H30O6/c1-14-8-25(31-7)26(9-15(14)2)32-22-13-24(30-6)21(28)12-19(22)17(4)18-11-20(27)23(29-5)10-16(18)3/h8-13,17,27-28H,1-7H3. The van der Waals surface area contributed by atoms with Gasteiger partial charge in [0.1, 0.15) is 5.75 Å². The summed E-state index contributed by atoms with van der Waals surface area (Å²) in [6.45, 7) is 7.95. The summed E-state index contributed by atoms with van der Waals surface area (Å²) < 4.78 is 22.4. The Kier molecular flexibility index (Phi) is 6.72. The zero-order valence-electron chi connectivity index (χ0n) is 19.6. The van der Waals surface area contributed by atoms with Gasteiger partial charge in [0.05, 0.1) is 21.3 Å². The summed E-state index contributed by atoms with van der Waals surface area (Å²) >= 11 is 0. The third kappa shape index (κ3) is 4.40. The van der Waals surface area contributed by atoms with Gasteiger partial charge in [0.25, 0.3) is 0 Å². The average molecular weight is 439 g/mol. The van der Waals surface area contributed by atoms with E-state index in [0.717, 1.165) is 27.8 Å². The first-order valence-electron chi connectivity index (χ1n) is 10.3. The van der Waals surface area contributed by atoms with E-state index in [0.29, 0.717) is 28.7 Å². The molecule has 0 aliphatic heterocycles. The van der Waals surface area contributed by atoms with E-state index in [-0.39, 0.29) is 17.4 Å². The van der Waals surface area contributed by atoms with Crippen LogP contribution in [0.3, 0.4) is 0 Å². The molecule has 6 heteroatoms. The first-order chi connectivity index (χ1) is 15.2. The van der Waals surface area contributed by atoms with Crippen molar-refractivity contribution < 1.29 is 29.2 Å². The lowest BCUT2D eigenvalue weighted by Gasteiger charge is -2.22. The van der Waals surface area contributed by atoms with Gasteiger partial charge in [0.2, 0.25) is 0 Å². The Morgan fingerprint density at radius 1 is 0.562 bits per heavy atom. The normalized spacial score (nSPS) is 11.7. The summed E-state index contributed by atoms with van der Waals surface area (Å²) in [4.78, 5) is 0. The van der Waals surface area contributed by atoms with Crippen LogP contribution in [0.25, 0.3) is 0 Å². The van der Waals surface area contributed by atoms with Crippen molar-refractivity contribution in [1.82, 2.24) is 0 Å². The molecular formula is C26H30O6. The summed E-state index contributed by atoms with van der Waals surface area (Å²) in [5.41, 5.74) is 4.71. The van der Waals surface area contributed by atoms with Gasteiger partial charge in [-0.05, 0) is 73.4 Å². The van der Waals surface area contributed by atoms with E-state index in [9.17, 15) is 10.2 Å². The van der Waals surface area contributed by atoms with Crippen LogP contribution in [0, 0.1) is 20.8 Å². The molecule has 6 nitrogen and oxygen atoms in total. The maximum absolute atomic E-state index is 10.5. The van der Waals surface area contributed by atoms with Gasteiger partial charge >= 0.3 is 0 Å². The number of rotatable bonds is 7. The van der Waals surface area contributed by atoms with E-state index in [1.165, 1.54) is 14.2 Å². The van der Waals surface area contributed by atoms with Crippen LogP contribution in [-0.2, 0) is 0 Å². The molecule has 0 heterocycles. The van der Waals surface area contributed by atoms with Crippen molar-refractivity contribution in [1.29, 1.82) is 0 Å². The summed E-state index contributed by atoms with van der Waals surface area (Å²) in [6.07, 6.45) is 0. The molecule has 1 unspecified atom stereocenters. The van der Waals surface area contributed by atoms with Gasteiger partial charge in [-0.25, -0.2) is 0 Å². The Morgan fingerprint density at radius 2 is 1.03 bits per heavy atom. The zero-order valence-corrected chi connectivity index (χ0v) is 19.6. The number of phenolic OH excluding ortho intramolecular Hbond substituents is 2. The molecule has 0 fully saturated rings. The fourth-order valence-electron chi connectivity index (χ4n) is 3.76. The highest BCUT2D eigenvalue weighted by Gasteiger charge is 2.22. The molecule has 0 spiro atoms. The summed E-state index contributed by atoms with van der Waals surface area (Å²) in [6, 6.07) is 10.6. The highest BCUT2D eigenvalue weighted by atomic mass is 16.5. The predicted molar refractivity (Wildman–Crippen MR) is 124 cm³/mol. The summed E-state index contributed by atoms with van der Waals surface area (Å²) in [5.74, 6) is 2.24. The van der Waals surface area contributed by atoms with E-state index < -0.39 is 0 Å². The van der Waals surface area contributed by atoms with Crippen LogP contribution in [0.2, 0.25) is 0 Å². The largest absolute Gasteiger partial charge is 0.504 e. The van der Waals surface area contributed by atoms with Crippen LogP contribution >= 0.6 is 0 Å². The van der Waals surface area contributed by atoms with Crippen LogP contribution in [0.1, 0.15) is 40.7 Å². The molecular weight excluding hydrogens is 408 g/mol. The number of hydrogen-bond donors (Lipinski definition) is 2. The molecule has 3 aromatic rings. The number of benzene rings is 3. The summed E-state index contributed by atoms with van der Waals surface area (Å²) in [5, 5.41) is 20.8. The van der Waals surface area contributed by atoms with Crippen molar-refractivity contribution in [3.8, 4) is 40.2 Å². The first kappa shape index (κ1) is 23.1. The molecule has 0 radical (unpaired) electrons. The quantitative estimate of drug-likeness (QED) is 0.472. The van der Waals surface area contributed by atoms with Crippen molar-refractivity contribution in [2.24, 2.45) is 0 Å². The number of aromatic hydroxyl groups is 2. The van der Waals surface area contributed by atoms with E-state index in [1.807, 2.05) is 39.8 Å². The zero-order chi connectivity index (χ0) is 23.6. The smallest absolute Gasteiger partial charge is 0.169 e. The molecule has 32 heavy (non-hydrogen) atoms. The molecule has 0 amide bonds. The Bertz CT molecular complexity index is 1140. The second-order valence-electron chi connectivity index (χ2n) is 7.85. The number of phenols is 2. The van der Waals surface area contributed by atoms with Gasteiger partial charge in [-0.15, -0.1) is 0 Å². The van der Waals surface area contributed by atoms with E-state index in [2.05, 4.69) is 0 Å². The minimum absolute atomic E-state index is 0.00383. The molecule has 0 aliphatic rings. The Balaban J connectivity index is 2.15. The Hall–Kier alpha value is -3.54. The van der Waals surface area contributed by atoms with E-state index >= 15 is 0 Å². The number of aryl methyl sites for hydroxylation is 3. The van der Waals surface area contributed by atoms with Gasteiger partial charge < -0.3 is 29.2 Å². The first-order valence-corrected chi connectivity index (χ1v) is 10.3. The number of methoxy groups -OCH3 is 3. The molecule has 0 saturated carbocycles. The second kappa shape index (κ2) is 9.30. The molecule has 2 N–H and O–H groups in total. The molecule has 170 valence electrons. The maximum atomic E-state index is 10.5. The second-order valence-corrected chi connectivity index (χ2v) is 7.85. The van der Waals surface area contributed by atoms with Gasteiger partial charge in [-0.1, -0.05) is 6.92 Å². The van der Waals surface area contributed by atoms with Crippen molar-refractivity contribution in [2.75, 3.05) is 21.3 Å². The number of ether oxygens (including phenoxy) is 4. The minimum atomic E-state index is -0.212. The van der Waals surface area contributed by atoms with Crippen LogP contribution in [0.5, 0.6) is 40.2 Å². The highest BCUT2D eigenvalue weighted by molar-refractivity contribution is 5.58. The minimum Gasteiger partial charge on any atom is -0.504 e. The fourth-order valence-corrected chi connectivity index (χ4v) is 3.76. The third-order valence-corrected chi connectivity index (χ3v) is 5.81. The number of hydrogen-bond acceptors (Lipinski definition) is 6. The monoisotopic (exact) mass is 438 g/mol. The summed E-state index contributed by atoms with van der Waals surface area (Å²) in [7, 11) is 4.60. The van der Waals surface area contributed by atoms with Crippen LogP contribution in [-0.4, -0.2) is 31.5 Å². The molecule has 3 rings (SSSR count). The lowest BCUT2D eigenvalue weighted by molar-refractivity contribution is 0.361. The van der Waals surface area contributed by atoms with E-state index in [1.54, 1.807) is 31.4 Å². The van der Waals surface area contributed by atoms with Crippen molar-refractivity contribution >= 4 is 0 Å². The Morgan fingerprint density at radius 3 is 1.59 bits per heavy atom. The molecule has 3 aromatic carbocycles. The van der Waals surface area contributed by atoms with Gasteiger partial charge in [0.15, 0.2) is 34.5 Å². The lowest BCUT2D eigenvalue weighted by atomic mass is 9.88. The van der Waals surface area contributed by atoms with Crippen LogP contribution < -0.4 is 18.9 Å². The molecule has 0 aromatic heterocycles. The van der Waals surface area contributed by atoms with Crippen LogP contribution in [0.15, 0.2) is 36.4 Å². The molecule has 0 saturated heterocycles. The van der Waals surface area contributed by atoms with Crippen molar-refractivity contribution in [2.45, 2.75) is 33.6 Å². The SMILES string of the molecule is COc1cc(C)c(C(C)c2cc(O)c(OC)cc2Oc2cc(C)c(C)cc2OC)cc1O. The predicted octanol–water partition coefficient (Wildman–Crippen LogP) is 5.99. The topological polar surface area (TPSA) is 77.4 Å². The van der Waals surface area contributed by atoms with E-state index in [4.69, 9.17) is 18.9 Å². The maximum Gasteiger partial charge on any atom is 0.169 e. The van der Waals surface area contributed by atoms with Gasteiger partial charge in [0, 0.05) is 17.5 Å². The highest BCUT2D eigenvalue weighted by Crippen LogP contribution is 2.45. The molecule has 1 atom stereocenters. The molecule has 0 aliphatic carbocycles. The van der Waals surface area contributed by atoms with Crippen molar-refractivity contribution in [3.05, 3.63) is 64.2 Å². The van der Waals surface area contributed by atoms with Crippen molar-refractivity contribution in [3.63, 3.8) is 0 Å².